The first-order chi connectivity index (χ1) is 24.0. The van der Waals surface area contributed by atoms with Crippen LogP contribution in [0.2, 0.25) is 0 Å². The molecule has 0 radical (unpaired) electrons. The van der Waals surface area contributed by atoms with Gasteiger partial charge in [-0.25, -0.2) is 27.4 Å². The Hall–Kier alpha value is -5.69. The quantitative estimate of drug-likeness (QED) is 0.134. The van der Waals surface area contributed by atoms with Crippen molar-refractivity contribution in [2.75, 3.05) is 6.54 Å². The first kappa shape index (κ1) is 32.8. The van der Waals surface area contributed by atoms with E-state index in [0.29, 0.717) is 17.0 Å². The first-order valence-electron chi connectivity index (χ1n) is 15.9. The Morgan fingerprint density at radius 2 is 1.82 bits per heavy atom. The number of aromatic nitrogens is 2. The molecule has 50 heavy (non-hydrogen) atoms. The van der Waals surface area contributed by atoms with Gasteiger partial charge in [-0.05, 0) is 61.4 Å². The van der Waals surface area contributed by atoms with Gasteiger partial charge in [0.1, 0.15) is 24.8 Å². The van der Waals surface area contributed by atoms with Crippen molar-refractivity contribution in [2.24, 2.45) is 4.99 Å². The number of carbonyl (C=O) groups excluding carboxylic acids is 2. The van der Waals surface area contributed by atoms with E-state index in [-0.39, 0.29) is 54.8 Å². The molecule has 0 bridgehead atoms. The third kappa shape index (κ3) is 5.93. The molecule has 0 amide bonds. The average Bonchev–Trinajstić information content (AvgIpc) is 3.46. The SMILES string of the molecule is CC[C@@]1(OC(=O)CN=C(Cc2ccc(F)cc2)NS(=O)(=O)c2ccc(C)cc2)C(=O)OCc2c1cc1n(c2=O)Cc2cc3ccccc3nc2-1.[HH]. The second-order valence-electron chi connectivity index (χ2n) is 12.2. The zero-order valence-electron chi connectivity index (χ0n) is 27.1. The number of rotatable bonds is 8. The van der Waals surface area contributed by atoms with Gasteiger partial charge in [-0.1, -0.05) is 55.0 Å². The standard InChI is InChI=1S/C37H31FN4O7S.H2/c1-3-37(29-18-31-34-25(17-24-6-4-5-7-30(24)40-34)20-42(31)35(44)28(29)21-48-36(37)45)49-33(43)19-39-32(16-23-10-12-26(38)13-11-23)41-50(46,47)27-14-8-22(2)9-15-27;/h4-15,17-18H,3,16,19-21H2,1-2H3,(H,39,41);1H/t37-;/m0./s1. The van der Waals surface area contributed by atoms with E-state index in [0.717, 1.165) is 22.0 Å². The zero-order chi connectivity index (χ0) is 35.2. The van der Waals surface area contributed by atoms with Crippen molar-refractivity contribution in [1.29, 1.82) is 0 Å². The number of benzene rings is 3. The van der Waals surface area contributed by atoms with Gasteiger partial charge in [0.05, 0.1) is 33.9 Å². The Labute approximate surface area is 288 Å². The molecule has 3 aromatic carbocycles. The van der Waals surface area contributed by atoms with Gasteiger partial charge in [0.15, 0.2) is 0 Å². The van der Waals surface area contributed by atoms with Crippen LogP contribution in [0.15, 0.2) is 99.6 Å². The van der Waals surface area contributed by atoms with E-state index in [1.807, 2.05) is 37.3 Å². The highest BCUT2D eigenvalue weighted by molar-refractivity contribution is 7.90. The van der Waals surface area contributed by atoms with Gasteiger partial charge in [0, 0.05) is 24.4 Å². The summed E-state index contributed by atoms with van der Waals surface area (Å²) in [6, 6.07) is 22.8. The fraction of sp³-hybridized carbons (Fsp3) is 0.216. The zero-order valence-corrected chi connectivity index (χ0v) is 27.9. The van der Waals surface area contributed by atoms with E-state index < -0.39 is 39.9 Å². The summed E-state index contributed by atoms with van der Waals surface area (Å²) in [7, 11) is -4.12. The third-order valence-corrected chi connectivity index (χ3v) is 10.3. The smallest absolute Gasteiger partial charge is 0.355 e. The topological polar surface area (TPSA) is 146 Å². The van der Waals surface area contributed by atoms with Crippen molar-refractivity contribution in [3.8, 4) is 11.4 Å². The molecule has 5 aromatic rings. The number of carbonyl (C=O) groups is 2. The van der Waals surface area contributed by atoms with Gasteiger partial charge in [-0.15, -0.1) is 0 Å². The molecule has 0 saturated carbocycles. The van der Waals surface area contributed by atoms with E-state index in [1.165, 1.54) is 36.4 Å². The lowest BCUT2D eigenvalue weighted by molar-refractivity contribution is -0.188. The predicted molar refractivity (Wildman–Crippen MR) is 184 cm³/mol. The van der Waals surface area contributed by atoms with Crippen LogP contribution in [0, 0.1) is 12.7 Å². The third-order valence-electron chi connectivity index (χ3n) is 8.94. The number of hydrogen-bond donors (Lipinski definition) is 1. The summed E-state index contributed by atoms with van der Waals surface area (Å²) >= 11 is 0. The van der Waals surface area contributed by atoms with E-state index in [4.69, 9.17) is 14.5 Å². The highest BCUT2D eigenvalue weighted by atomic mass is 32.2. The number of hydrogen-bond acceptors (Lipinski definition) is 9. The normalized spacial score (nSPS) is 16.7. The van der Waals surface area contributed by atoms with Gasteiger partial charge in [0.25, 0.3) is 15.6 Å². The number of nitrogens with zero attached hydrogens (tertiary/aromatic N) is 3. The first-order valence-corrected chi connectivity index (χ1v) is 17.4. The highest BCUT2D eigenvalue weighted by Crippen LogP contribution is 2.41. The Bertz CT molecular complexity index is 2400. The van der Waals surface area contributed by atoms with E-state index in [2.05, 4.69) is 9.71 Å². The van der Waals surface area contributed by atoms with Gasteiger partial charge in [0.2, 0.25) is 5.60 Å². The maximum atomic E-state index is 13.8. The fourth-order valence-corrected chi connectivity index (χ4v) is 7.38. The largest absolute Gasteiger partial charge is 0.457 e. The van der Waals surface area contributed by atoms with Crippen molar-refractivity contribution in [2.45, 2.75) is 50.3 Å². The van der Waals surface area contributed by atoms with Crippen molar-refractivity contribution >= 4 is 38.7 Å². The highest BCUT2D eigenvalue weighted by Gasteiger charge is 2.50. The van der Waals surface area contributed by atoms with Gasteiger partial charge in [-0.2, -0.15) is 0 Å². The number of aryl methyl sites for hydroxylation is 1. The minimum Gasteiger partial charge on any atom is -0.457 e. The monoisotopic (exact) mass is 696 g/mol. The lowest BCUT2D eigenvalue weighted by Crippen LogP contribution is -2.48. The number of para-hydroxylation sites is 1. The number of fused-ring (bicyclic) bond motifs is 5. The molecule has 0 saturated heterocycles. The van der Waals surface area contributed by atoms with Gasteiger partial charge in [-0.3, -0.25) is 14.5 Å². The van der Waals surface area contributed by atoms with Crippen molar-refractivity contribution in [3.05, 3.63) is 129 Å². The number of amidine groups is 1. The van der Waals surface area contributed by atoms with E-state index >= 15 is 0 Å². The summed E-state index contributed by atoms with van der Waals surface area (Å²) < 4.78 is 55.4. The molecule has 1 atom stereocenters. The molecule has 2 aromatic heterocycles. The molecule has 256 valence electrons. The maximum absolute atomic E-state index is 13.8. The molecule has 7 rings (SSSR count). The van der Waals surface area contributed by atoms with Crippen molar-refractivity contribution in [1.82, 2.24) is 14.3 Å². The number of pyridine rings is 2. The molecule has 2 aliphatic rings. The molecule has 11 nitrogen and oxygen atoms in total. The van der Waals surface area contributed by atoms with Crippen LogP contribution in [-0.2, 0) is 54.3 Å². The summed E-state index contributed by atoms with van der Waals surface area (Å²) in [5.41, 5.74) is 2.09. The minimum absolute atomic E-state index is 0. The summed E-state index contributed by atoms with van der Waals surface area (Å²) in [4.78, 5) is 49.8. The minimum atomic E-state index is -4.12. The number of cyclic esters (lactones) is 1. The summed E-state index contributed by atoms with van der Waals surface area (Å²) in [5, 5.41) is 0.924. The Kier molecular flexibility index (Phi) is 8.30. The van der Waals surface area contributed by atoms with Crippen LogP contribution in [-0.4, -0.2) is 42.3 Å². The summed E-state index contributed by atoms with van der Waals surface area (Å²) in [5.74, 6) is -2.39. The second-order valence-corrected chi connectivity index (χ2v) is 13.9. The molecule has 2 aliphatic heterocycles. The number of esters is 2. The van der Waals surface area contributed by atoms with Crippen LogP contribution < -0.4 is 10.3 Å². The number of nitrogens with one attached hydrogen (secondary N) is 1. The van der Waals surface area contributed by atoms with E-state index in [1.54, 1.807) is 29.7 Å². The van der Waals surface area contributed by atoms with Gasteiger partial charge < -0.3 is 14.0 Å². The van der Waals surface area contributed by atoms with Crippen LogP contribution >= 0.6 is 0 Å². The molecule has 1 N–H and O–H groups in total. The molecule has 0 unspecified atom stereocenters. The van der Waals surface area contributed by atoms with Gasteiger partial charge >= 0.3 is 11.9 Å². The van der Waals surface area contributed by atoms with Crippen molar-refractivity contribution < 1.29 is 33.3 Å². The molecule has 4 heterocycles. The Morgan fingerprint density at radius 3 is 2.56 bits per heavy atom. The second kappa shape index (κ2) is 12.6. The molecule has 0 aliphatic carbocycles. The average molecular weight is 697 g/mol. The number of ether oxygens (including phenoxy) is 2. The van der Waals surface area contributed by atoms with Crippen LogP contribution in [0.25, 0.3) is 22.3 Å². The number of sulfonamides is 1. The fourth-order valence-electron chi connectivity index (χ4n) is 6.32. The Morgan fingerprint density at radius 1 is 1.08 bits per heavy atom. The van der Waals surface area contributed by atoms with E-state index in [9.17, 15) is 27.2 Å². The van der Waals surface area contributed by atoms with Crippen LogP contribution in [0.1, 0.15) is 42.6 Å². The molecule has 0 fully saturated rings. The maximum Gasteiger partial charge on any atom is 0.355 e. The summed E-state index contributed by atoms with van der Waals surface area (Å²) in [6.45, 7) is 2.76. The molecular weight excluding hydrogens is 663 g/mol. The van der Waals surface area contributed by atoms with Crippen LogP contribution in [0.3, 0.4) is 0 Å². The van der Waals surface area contributed by atoms with Crippen molar-refractivity contribution in [3.63, 3.8) is 0 Å². The number of aliphatic imine (C=N–C) groups is 1. The molecule has 13 heteroatoms. The van der Waals surface area contributed by atoms with Crippen LogP contribution in [0.4, 0.5) is 4.39 Å². The lowest BCUT2D eigenvalue weighted by Gasteiger charge is -2.35. The predicted octanol–water partition coefficient (Wildman–Crippen LogP) is 4.94. The Balaban J connectivity index is 0.00000448. The lowest BCUT2D eigenvalue weighted by atomic mass is 9.85. The molecular formula is C37H33FN4O7S. The van der Waals surface area contributed by atoms with Crippen LogP contribution in [0.5, 0.6) is 0 Å². The summed E-state index contributed by atoms with van der Waals surface area (Å²) in [6.07, 6.45) is -0.149. The molecule has 0 spiro atoms. The number of halogens is 1.